The highest BCUT2D eigenvalue weighted by Crippen LogP contribution is 2.39. The molecule has 0 atom stereocenters. The van der Waals surface area contributed by atoms with Crippen molar-refractivity contribution >= 4 is 22.5 Å². The van der Waals surface area contributed by atoms with E-state index >= 15 is 0 Å². The molecule has 0 fully saturated rings. The number of carbonyl (C=O) groups is 2. The zero-order valence-corrected chi connectivity index (χ0v) is 10.8. The van der Waals surface area contributed by atoms with Crippen LogP contribution in [-0.2, 0) is 0 Å². The average Bonchev–Trinajstić information content (AvgIpc) is 2.80. The molecule has 100 valence electrons. The summed E-state index contributed by atoms with van der Waals surface area (Å²) >= 11 is 0. The Morgan fingerprint density at radius 2 is 1.52 bits per heavy atom. The Morgan fingerprint density at radius 1 is 0.905 bits per heavy atom. The van der Waals surface area contributed by atoms with Crippen molar-refractivity contribution < 1.29 is 14.7 Å². The van der Waals surface area contributed by atoms with Gasteiger partial charge in [0.2, 0.25) is 0 Å². The standard InChI is InChI=1S/C17H9NO3/c19-16-12-8-4-3-7-11(12)14-13(16)9-5-1-2-6-10(9)15(18-14)17(20)21/h1-8H,(H,20,21). The lowest BCUT2D eigenvalue weighted by molar-refractivity contribution is 0.0692. The quantitative estimate of drug-likeness (QED) is 0.579. The van der Waals surface area contributed by atoms with E-state index in [0.29, 0.717) is 33.2 Å². The second-order valence-electron chi connectivity index (χ2n) is 4.91. The molecule has 1 N–H and O–H groups in total. The van der Waals surface area contributed by atoms with Gasteiger partial charge in [0.1, 0.15) is 0 Å². The van der Waals surface area contributed by atoms with Gasteiger partial charge in [-0.25, -0.2) is 9.78 Å². The van der Waals surface area contributed by atoms with Crippen molar-refractivity contribution in [3.05, 3.63) is 65.4 Å². The van der Waals surface area contributed by atoms with Crippen molar-refractivity contribution in [2.45, 2.75) is 0 Å². The Balaban J connectivity index is 2.21. The molecule has 1 aromatic heterocycles. The van der Waals surface area contributed by atoms with Gasteiger partial charge in [-0.1, -0.05) is 48.5 Å². The zero-order chi connectivity index (χ0) is 14.6. The van der Waals surface area contributed by atoms with Gasteiger partial charge >= 0.3 is 5.97 Å². The molecule has 4 heteroatoms. The van der Waals surface area contributed by atoms with Crippen LogP contribution in [0.5, 0.6) is 0 Å². The molecule has 4 nitrogen and oxygen atoms in total. The summed E-state index contributed by atoms with van der Waals surface area (Å²) in [6.45, 7) is 0. The molecule has 4 rings (SSSR count). The summed E-state index contributed by atoms with van der Waals surface area (Å²) in [7, 11) is 0. The second kappa shape index (κ2) is 3.99. The molecule has 0 bridgehead atoms. The number of hydrogen-bond donors (Lipinski definition) is 1. The molecule has 1 aliphatic carbocycles. The number of fused-ring (bicyclic) bond motifs is 5. The molecule has 2 aromatic carbocycles. The number of nitrogens with zero attached hydrogens (tertiary/aromatic N) is 1. The van der Waals surface area contributed by atoms with Gasteiger partial charge in [0, 0.05) is 16.5 Å². The second-order valence-corrected chi connectivity index (χ2v) is 4.91. The van der Waals surface area contributed by atoms with Crippen molar-refractivity contribution in [3.63, 3.8) is 0 Å². The maximum absolute atomic E-state index is 12.6. The van der Waals surface area contributed by atoms with E-state index in [4.69, 9.17) is 0 Å². The lowest BCUT2D eigenvalue weighted by atomic mass is 10.0. The summed E-state index contributed by atoms with van der Waals surface area (Å²) in [6.07, 6.45) is 0. The zero-order valence-electron chi connectivity index (χ0n) is 10.8. The van der Waals surface area contributed by atoms with E-state index in [0.717, 1.165) is 0 Å². The van der Waals surface area contributed by atoms with Crippen LogP contribution in [0, 0.1) is 0 Å². The largest absolute Gasteiger partial charge is 0.476 e. The van der Waals surface area contributed by atoms with Gasteiger partial charge in [-0.2, -0.15) is 0 Å². The molecule has 0 saturated carbocycles. The number of carboxylic acids is 1. The molecule has 0 spiro atoms. The van der Waals surface area contributed by atoms with E-state index in [1.165, 1.54) is 0 Å². The van der Waals surface area contributed by atoms with Crippen LogP contribution in [0.15, 0.2) is 48.5 Å². The lowest BCUT2D eigenvalue weighted by Crippen LogP contribution is -2.05. The molecular formula is C17H9NO3. The monoisotopic (exact) mass is 275 g/mol. The van der Waals surface area contributed by atoms with E-state index in [-0.39, 0.29) is 11.5 Å². The number of ketones is 1. The molecule has 1 heterocycles. The van der Waals surface area contributed by atoms with E-state index in [2.05, 4.69) is 4.98 Å². The predicted molar refractivity (Wildman–Crippen MR) is 77.6 cm³/mol. The number of benzene rings is 2. The topological polar surface area (TPSA) is 67.3 Å². The van der Waals surface area contributed by atoms with Crippen LogP contribution in [0.1, 0.15) is 26.4 Å². The first-order valence-corrected chi connectivity index (χ1v) is 6.48. The number of carboxylic acid groups (broad SMARTS) is 1. The molecule has 1 aliphatic rings. The van der Waals surface area contributed by atoms with Gasteiger partial charge in [-0.15, -0.1) is 0 Å². The van der Waals surface area contributed by atoms with Crippen molar-refractivity contribution in [1.82, 2.24) is 4.98 Å². The summed E-state index contributed by atoms with van der Waals surface area (Å²) in [5.41, 5.74) is 2.22. The first kappa shape index (κ1) is 11.8. The minimum Gasteiger partial charge on any atom is -0.476 e. The number of pyridine rings is 1. The third-order valence-corrected chi connectivity index (χ3v) is 3.77. The minimum absolute atomic E-state index is 0.0196. The van der Waals surface area contributed by atoms with Crippen LogP contribution in [-0.4, -0.2) is 21.8 Å². The number of carbonyl (C=O) groups excluding carboxylic acids is 1. The molecule has 0 aliphatic heterocycles. The highest BCUT2D eigenvalue weighted by molar-refractivity contribution is 6.27. The Labute approximate surface area is 119 Å². The Morgan fingerprint density at radius 3 is 2.24 bits per heavy atom. The molecule has 3 aromatic rings. The van der Waals surface area contributed by atoms with Crippen molar-refractivity contribution in [2.24, 2.45) is 0 Å². The maximum Gasteiger partial charge on any atom is 0.355 e. The van der Waals surface area contributed by atoms with Gasteiger partial charge < -0.3 is 5.11 Å². The van der Waals surface area contributed by atoms with Crippen LogP contribution in [0.25, 0.3) is 22.0 Å². The van der Waals surface area contributed by atoms with E-state index in [9.17, 15) is 14.7 Å². The van der Waals surface area contributed by atoms with Crippen LogP contribution >= 0.6 is 0 Å². The van der Waals surface area contributed by atoms with Crippen LogP contribution in [0.2, 0.25) is 0 Å². The first-order chi connectivity index (χ1) is 10.2. The van der Waals surface area contributed by atoms with E-state index in [1.807, 2.05) is 6.07 Å². The van der Waals surface area contributed by atoms with Crippen LogP contribution in [0.3, 0.4) is 0 Å². The number of rotatable bonds is 1. The Kier molecular flexibility index (Phi) is 2.24. The summed E-state index contributed by atoms with van der Waals surface area (Å²) in [4.78, 5) is 28.3. The van der Waals surface area contributed by atoms with E-state index < -0.39 is 5.97 Å². The van der Waals surface area contributed by atoms with Gasteiger partial charge in [-0.3, -0.25) is 4.79 Å². The normalized spacial score (nSPS) is 12.3. The number of aromatic nitrogens is 1. The SMILES string of the molecule is O=C(O)c1nc2c(c3ccccc13)C(=O)c1ccccc1-2. The fourth-order valence-electron chi connectivity index (χ4n) is 2.87. The highest BCUT2D eigenvalue weighted by atomic mass is 16.4. The van der Waals surface area contributed by atoms with Crippen molar-refractivity contribution in [3.8, 4) is 11.3 Å². The minimum atomic E-state index is -1.09. The van der Waals surface area contributed by atoms with Gasteiger partial charge in [0.05, 0.1) is 11.3 Å². The van der Waals surface area contributed by atoms with Gasteiger partial charge in [-0.05, 0) is 5.39 Å². The highest BCUT2D eigenvalue weighted by Gasteiger charge is 2.31. The third-order valence-electron chi connectivity index (χ3n) is 3.77. The maximum atomic E-state index is 12.6. The molecule has 21 heavy (non-hydrogen) atoms. The van der Waals surface area contributed by atoms with Gasteiger partial charge in [0.15, 0.2) is 11.5 Å². The Hall–Kier alpha value is -3.01. The number of aromatic carboxylic acids is 1. The Bertz CT molecular complexity index is 944. The molecular weight excluding hydrogens is 266 g/mol. The van der Waals surface area contributed by atoms with Crippen LogP contribution < -0.4 is 0 Å². The van der Waals surface area contributed by atoms with Crippen molar-refractivity contribution in [2.75, 3.05) is 0 Å². The molecule has 0 radical (unpaired) electrons. The molecule has 0 saturated heterocycles. The summed E-state index contributed by atoms with van der Waals surface area (Å²) in [5, 5.41) is 10.5. The number of hydrogen-bond acceptors (Lipinski definition) is 3. The lowest BCUT2D eigenvalue weighted by Gasteiger charge is -2.07. The summed E-state index contributed by atoms with van der Waals surface area (Å²) in [6, 6.07) is 14.1. The van der Waals surface area contributed by atoms with E-state index in [1.54, 1.807) is 42.5 Å². The first-order valence-electron chi connectivity index (χ1n) is 6.48. The molecule has 0 amide bonds. The third kappa shape index (κ3) is 1.47. The van der Waals surface area contributed by atoms with Gasteiger partial charge in [0.25, 0.3) is 0 Å². The molecule has 0 unspecified atom stereocenters. The summed E-state index contributed by atoms with van der Waals surface area (Å²) < 4.78 is 0. The summed E-state index contributed by atoms with van der Waals surface area (Å²) in [5.74, 6) is -1.19. The smallest absolute Gasteiger partial charge is 0.355 e. The average molecular weight is 275 g/mol. The fraction of sp³-hybridized carbons (Fsp3) is 0. The predicted octanol–water partition coefficient (Wildman–Crippen LogP) is 3.14. The van der Waals surface area contributed by atoms with Crippen LogP contribution in [0.4, 0.5) is 0 Å². The fourth-order valence-corrected chi connectivity index (χ4v) is 2.87. The van der Waals surface area contributed by atoms with Crippen molar-refractivity contribution in [1.29, 1.82) is 0 Å².